The molecule has 0 spiro atoms. The molecule has 0 amide bonds. The maximum Gasteiger partial charge on any atom is 0.125 e. The molecule has 1 unspecified atom stereocenters. The third-order valence-corrected chi connectivity index (χ3v) is 2.98. The van der Waals surface area contributed by atoms with Gasteiger partial charge in [-0.1, -0.05) is 13.0 Å². The van der Waals surface area contributed by atoms with Gasteiger partial charge in [0.25, 0.3) is 0 Å². The molecule has 0 bridgehead atoms. The molecule has 1 heterocycles. The summed E-state index contributed by atoms with van der Waals surface area (Å²) in [5.74, 6) is 0.600. The van der Waals surface area contributed by atoms with E-state index in [1.165, 1.54) is 6.07 Å². The Bertz CT molecular complexity index is 493. The number of nitrogens with one attached hydrogen (secondary N) is 1. The Hall–Kier alpha value is -1.61. The first-order chi connectivity index (χ1) is 8.72. The van der Waals surface area contributed by atoms with Gasteiger partial charge in [0.1, 0.15) is 11.6 Å². The van der Waals surface area contributed by atoms with Gasteiger partial charge in [-0.25, -0.2) is 4.39 Å². The highest BCUT2D eigenvalue weighted by Gasteiger charge is 2.18. The summed E-state index contributed by atoms with van der Waals surface area (Å²) in [6.45, 7) is 4.95. The molecule has 0 aliphatic heterocycles. The largest absolute Gasteiger partial charge is 0.467 e. The van der Waals surface area contributed by atoms with Crippen molar-refractivity contribution in [2.45, 2.75) is 26.3 Å². The normalized spacial score (nSPS) is 12.6. The summed E-state index contributed by atoms with van der Waals surface area (Å²) in [4.78, 5) is 0. The number of rotatable bonds is 5. The zero-order chi connectivity index (χ0) is 13.0. The smallest absolute Gasteiger partial charge is 0.125 e. The van der Waals surface area contributed by atoms with Crippen LogP contribution in [-0.4, -0.2) is 6.54 Å². The van der Waals surface area contributed by atoms with Crippen LogP contribution in [0.4, 0.5) is 4.39 Å². The van der Waals surface area contributed by atoms with Gasteiger partial charge in [0.05, 0.1) is 12.3 Å². The Morgan fingerprint density at radius 3 is 2.83 bits per heavy atom. The lowest BCUT2D eigenvalue weighted by Gasteiger charge is -2.19. The van der Waals surface area contributed by atoms with Gasteiger partial charge >= 0.3 is 0 Å². The second-order valence-corrected chi connectivity index (χ2v) is 4.40. The van der Waals surface area contributed by atoms with Gasteiger partial charge in [0.2, 0.25) is 0 Å². The van der Waals surface area contributed by atoms with Crippen molar-refractivity contribution in [2.75, 3.05) is 6.54 Å². The molecule has 1 aromatic heterocycles. The van der Waals surface area contributed by atoms with E-state index in [-0.39, 0.29) is 11.9 Å². The Balaban J connectivity index is 2.36. The van der Waals surface area contributed by atoms with Crippen molar-refractivity contribution < 1.29 is 8.81 Å². The molecular formula is C15H18FNO. The average Bonchev–Trinajstić information content (AvgIpc) is 2.88. The molecule has 0 aliphatic rings. The predicted octanol–water partition coefficient (Wildman–Crippen LogP) is 3.82. The summed E-state index contributed by atoms with van der Waals surface area (Å²) < 4.78 is 18.9. The van der Waals surface area contributed by atoms with Crippen molar-refractivity contribution in [3.8, 4) is 0 Å². The molecule has 0 aliphatic carbocycles. The van der Waals surface area contributed by atoms with Gasteiger partial charge < -0.3 is 9.73 Å². The summed E-state index contributed by atoms with van der Waals surface area (Å²) >= 11 is 0. The van der Waals surface area contributed by atoms with Gasteiger partial charge in [-0.2, -0.15) is 0 Å². The van der Waals surface area contributed by atoms with E-state index < -0.39 is 0 Å². The first kappa shape index (κ1) is 12.8. The van der Waals surface area contributed by atoms with E-state index in [4.69, 9.17) is 4.42 Å². The molecule has 1 aromatic carbocycles. The van der Waals surface area contributed by atoms with Crippen LogP contribution in [0.3, 0.4) is 0 Å². The fraction of sp³-hybridized carbons (Fsp3) is 0.333. The molecule has 0 saturated heterocycles. The number of halogens is 1. The van der Waals surface area contributed by atoms with Crippen LogP contribution in [0, 0.1) is 12.7 Å². The van der Waals surface area contributed by atoms with Crippen molar-refractivity contribution in [2.24, 2.45) is 0 Å². The van der Waals surface area contributed by atoms with Crippen LogP contribution < -0.4 is 5.32 Å². The zero-order valence-corrected chi connectivity index (χ0v) is 10.7. The van der Waals surface area contributed by atoms with Crippen molar-refractivity contribution >= 4 is 0 Å². The third-order valence-electron chi connectivity index (χ3n) is 2.98. The summed E-state index contributed by atoms with van der Waals surface area (Å²) in [7, 11) is 0. The fourth-order valence-electron chi connectivity index (χ4n) is 2.03. The molecule has 1 atom stereocenters. The molecule has 0 saturated carbocycles. The highest BCUT2D eigenvalue weighted by Crippen LogP contribution is 2.26. The van der Waals surface area contributed by atoms with Crippen LogP contribution in [0.5, 0.6) is 0 Å². The number of aryl methyl sites for hydroxylation is 1. The van der Waals surface area contributed by atoms with Crippen LogP contribution >= 0.6 is 0 Å². The molecule has 2 rings (SSSR count). The molecular weight excluding hydrogens is 229 g/mol. The van der Waals surface area contributed by atoms with Crippen molar-refractivity contribution in [1.29, 1.82) is 0 Å². The average molecular weight is 247 g/mol. The first-order valence-electron chi connectivity index (χ1n) is 6.25. The van der Waals surface area contributed by atoms with Crippen LogP contribution in [0.15, 0.2) is 41.0 Å². The quantitative estimate of drug-likeness (QED) is 0.869. The van der Waals surface area contributed by atoms with Crippen LogP contribution in [-0.2, 0) is 0 Å². The first-order valence-corrected chi connectivity index (χ1v) is 6.25. The molecule has 3 heteroatoms. The second kappa shape index (κ2) is 5.83. The highest BCUT2D eigenvalue weighted by molar-refractivity contribution is 5.34. The molecule has 1 N–H and O–H groups in total. The van der Waals surface area contributed by atoms with E-state index in [9.17, 15) is 4.39 Å². The predicted molar refractivity (Wildman–Crippen MR) is 70.0 cm³/mol. The number of benzene rings is 1. The van der Waals surface area contributed by atoms with E-state index in [0.29, 0.717) is 0 Å². The number of furan rings is 1. The van der Waals surface area contributed by atoms with Gasteiger partial charge in [-0.15, -0.1) is 0 Å². The minimum Gasteiger partial charge on any atom is -0.467 e. The Morgan fingerprint density at radius 2 is 2.17 bits per heavy atom. The van der Waals surface area contributed by atoms with Crippen LogP contribution in [0.25, 0.3) is 0 Å². The molecule has 2 aromatic rings. The van der Waals surface area contributed by atoms with Gasteiger partial charge in [0, 0.05) is 0 Å². The summed E-state index contributed by atoms with van der Waals surface area (Å²) in [5.41, 5.74) is 1.99. The number of hydrogen-bond acceptors (Lipinski definition) is 2. The second-order valence-electron chi connectivity index (χ2n) is 4.40. The maximum absolute atomic E-state index is 13.4. The van der Waals surface area contributed by atoms with E-state index in [1.807, 2.05) is 19.1 Å². The van der Waals surface area contributed by atoms with Gasteiger partial charge in [-0.05, 0) is 55.3 Å². The van der Waals surface area contributed by atoms with Crippen molar-refractivity contribution in [3.63, 3.8) is 0 Å². The lowest BCUT2D eigenvalue weighted by atomic mass is 9.99. The van der Waals surface area contributed by atoms with E-state index in [1.54, 1.807) is 18.4 Å². The minimum absolute atomic E-state index is 0.0874. The monoisotopic (exact) mass is 247 g/mol. The topological polar surface area (TPSA) is 25.2 Å². The SMILES string of the molecule is CCCNC(c1ccco1)c1cc(F)ccc1C. The molecule has 0 radical (unpaired) electrons. The third kappa shape index (κ3) is 2.79. The molecule has 0 fully saturated rings. The van der Waals surface area contributed by atoms with Gasteiger partial charge in [-0.3, -0.25) is 0 Å². The standard InChI is InChI=1S/C15H18FNO/c1-3-8-17-15(14-5-4-9-18-14)13-10-12(16)7-6-11(13)2/h4-7,9-10,15,17H,3,8H2,1-2H3. The molecule has 2 nitrogen and oxygen atoms in total. The Morgan fingerprint density at radius 1 is 1.33 bits per heavy atom. The van der Waals surface area contributed by atoms with E-state index in [2.05, 4.69) is 12.2 Å². The fourth-order valence-corrected chi connectivity index (χ4v) is 2.03. The van der Waals surface area contributed by atoms with Gasteiger partial charge in [0.15, 0.2) is 0 Å². The van der Waals surface area contributed by atoms with Crippen molar-refractivity contribution in [3.05, 3.63) is 59.3 Å². The van der Waals surface area contributed by atoms with Crippen molar-refractivity contribution in [1.82, 2.24) is 5.32 Å². The minimum atomic E-state index is -0.217. The van der Waals surface area contributed by atoms with Crippen LogP contribution in [0.2, 0.25) is 0 Å². The zero-order valence-electron chi connectivity index (χ0n) is 10.7. The summed E-state index contributed by atoms with van der Waals surface area (Å²) in [6, 6.07) is 8.54. The summed E-state index contributed by atoms with van der Waals surface area (Å²) in [5, 5.41) is 3.40. The lowest BCUT2D eigenvalue weighted by molar-refractivity contribution is 0.444. The summed E-state index contributed by atoms with van der Waals surface area (Å²) in [6.07, 6.45) is 2.66. The van der Waals surface area contributed by atoms with Crippen LogP contribution in [0.1, 0.15) is 36.3 Å². The van der Waals surface area contributed by atoms with E-state index >= 15 is 0 Å². The Labute approximate surface area is 107 Å². The number of hydrogen-bond donors (Lipinski definition) is 1. The maximum atomic E-state index is 13.4. The van der Waals surface area contributed by atoms with E-state index in [0.717, 1.165) is 29.9 Å². The Kier molecular flexibility index (Phi) is 4.15. The molecule has 96 valence electrons. The molecule has 18 heavy (non-hydrogen) atoms. The lowest BCUT2D eigenvalue weighted by Crippen LogP contribution is -2.23. The highest BCUT2D eigenvalue weighted by atomic mass is 19.1.